The number of nitrogens with one attached hydrogen (secondary N) is 2. The number of halogens is 5. The van der Waals surface area contributed by atoms with Gasteiger partial charge < -0.3 is 5.32 Å². The normalized spacial score (nSPS) is 16.8. The summed E-state index contributed by atoms with van der Waals surface area (Å²) >= 11 is 0. The van der Waals surface area contributed by atoms with Crippen LogP contribution in [0.2, 0.25) is 0 Å². The molecule has 34 heavy (non-hydrogen) atoms. The van der Waals surface area contributed by atoms with E-state index in [0.717, 1.165) is 42.6 Å². The number of carbonyl (C=O) groups is 1. The van der Waals surface area contributed by atoms with Gasteiger partial charge in [0.15, 0.2) is 9.84 Å². The number of carbonyl (C=O) groups excluding carboxylic acids is 1. The SMILES string of the molecule is N#CC1(NC(=O)[C@H](CS(=O)(=O)Cc2ccc(F)nc2)N[C@@H](c2ccc(F)cc2)C(F)(F)F)CC1. The summed E-state index contributed by atoms with van der Waals surface area (Å²) in [6, 6.07) is 2.86. The van der Waals surface area contributed by atoms with E-state index in [1.165, 1.54) is 0 Å². The summed E-state index contributed by atoms with van der Waals surface area (Å²) in [6.45, 7) is 0. The number of benzene rings is 1. The molecule has 0 saturated heterocycles. The van der Waals surface area contributed by atoms with Crippen molar-refractivity contribution >= 4 is 15.7 Å². The number of nitrogens with zero attached hydrogens (tertiary/aromatic N) is 2. The van der Waals surface area contributed by atoms with Crippen LogP contribution in [0.1, 0.15) is 30.0 Å². The lowest BCUT2D eigenvalue weighted by atomic mass is 10.0. The fourth-order valence-corrected chi connectivity index (χ4v) is 4.76. The molecule has 1 saturated carbocycles. The Kier molecular flexibility index (Phi) is 7.23. The van der Waals surface area contributed by atoms with Crippen LogP contribution in [0.15, 0.2) is 42.6 Å². The van der Waals surface area contributed by atoms with Gasteiger partial charge >= 0.3 is 6.18 Å². The molecule has 7 nitrogen and oxygen atoms in total. The molecule has 0 bridgehead atoms. The maximum Gasteiger partial charge on any atom is 0.407 e. The topological polar surface area (TPSA) is 112 Å². The first-order chi connectivity index (χ1) is 15.8. The van der Waals surface area contributed by atoms with E-state index in [9.17, 15) is 40.4 Å². The van der Waals surface area contributed by atoms with Crippen molar-refractivity contribution < 1.29 is 35.2 Å². The fraction of sp³-hybridized carbons (Fsp3) is 0.381. The predicted molar refractivity (Wildman–Crippen MR) is 110 cm³/mol. The summed E-state index contributed by atoms with van der Waals surface area (Å²) in [5.41, 5.74) is -1.62. The second-order valence-electron chi connectivity index (χ2n) is 7.97. The lowest BCUT2D eigenvalue weighted by Gasteiger charge is -2.28. The Labute approximate surface area is 191 Å². The van der Waals surface area contributed by atoms with Crippen molar-refractivity contribution in [3.05, 3.63) is 65.5 Å². The van der Waals surface area contributed by atoms with Crippen LogP contribution in [-0.2, 0) is 20.4 Å². The molecule has 1 aliphatic rings. The zero-order valence-electron chi connectivity index (χ0n) is 17.4. The minimum absolute atomic E-state index is 0.0714. The monoisotopic (exact) mass is 502 g/mol. The third-order valence-electron chi connectivity index (χ3n) is 5.14. The van der Waals surface area contributed by atoms with Gasteiger partial charge in [-0.1, -0.05) is 18.2 Å². The van der Waals surface area contributed by atoms with Crippen molar-refractivity contribution in [3.8, 4) is 6.07 Å². The average molecular weight is 502 g/mol. The quantitative estimate of drug-likeness (QED) is 0.403. The average Bonchev–Trinajstić information content (AvgIpc) is 3.52. The second kappa shape index (κ2) is 9.63. The first-order valence-corrected chi connectivity index (χ1v) is 11.8. The van der Waals surface area contributed by atoms with Gasteiger partial charge in [-0.3, -0.25) is 10.1 Å². The first kappa shape index (κ1) is 25.5. The largest absolute Gasteiger partial charge is 0.407 e. The van der Waals surface area contributed by atoms with Crippen molar-refractivity contribution in [2.24, 2.45) is 0 Å². The number of pyridine rings is 1. The van der Waals surface area contributed by atoms with Gasteiger partial charge in [0.2, 0.25) is 11.9 Å². The van der Waals surface area contributed by atoms with Crippen LogP contribution in [-0.4, -0.2) is 42.8 Å². The molecule has 1 fully saturated rings. The summed E-state index contributed by atoms with van der Waals surface area (Å²) in [7, 11) is -4.21. The number of hydrogen-bond donors (Lipinski definition) is 2. The third kappa shape index (κ3) is 6.71. The number of hydrogen-bond acceptors (Lipinski definition) is 6. The van der Waals surface area contributed by atoms with Gasteiger partial charge in [0.05, 0.1) is 17.6 Å². The van der Waals surface area contributed by atoms with E-state index in [-0.39, 0.29) is 18.4 Å². The lowest BCUT2D eigenvalue weighted by Crippen LogP contribution is -2.54. The molecule has 1 heterocycles. The van der Waals surface area contributed by atoms with Crippen LogP contribution in [0.4, 0.5) is 22.0 Å². The molecule has 2 atom stereocenters. The number of rotatable bonds is 9. The van der Waals surface area contributed by atoms with Gasteiger partial charge in [0.1, 0.15) is 23.4 Å². The zero-order valence-corrected chi connectivity index (χ0v) is 18.3. The summed E-state index contributed by atoms with van der Waals surface area (Å²) in [6.07, 6.45) is -3.46. The van der Waals surface area contributed by atoms with Crippen LogP contribution in [0.25, 0.3) is 0 Å². The predicted octanol–water partition coefficient (Wildman–Crippen LogP) is 2.71. The Morgan fingerprint density at radius 2 is 1.79 bits per heavy atom. The Hall–Kier alpha value is -3.11. The minimum atomic E-state index is -4.96. The van der Waals surface area contributed by atoms with Crippen LogP contribution in [0.3, 0.4) is 0 Å². The molecule has 1 amide bonds. The molecule has 13 heteroatoms. The van der Waals surface area contributed by atoms with Gasteiger partial charge in [-0.2, -0.15) is 22.8 Å². The van der Waals surface area contributed by atoms with E-state index in [4.69, 9.17) is 0 Å². The van der Waals surface area contributed by atoms with Crippen molar-refractivity contribution in [3.63, 3.8) is 0 Å². The second-order valence-corrected chi connectivity index (χ2v) is 10.1. The Morgan fingerprint density at radius 3 is 2.29 bits per heavy atom. The molecule has 0 unspecified atom stereocenters. The summed E-state index contributed by atoms with van der Waals surface area (Å²) < 4.78 is 93.2. The molecule has 1 aliphatic carbocycles. The van der Waals surface area contributed by atoms with Gasteiger partial charge in [-0.15, -0.1) is 0 Å². The van der Waals surface area contributed by atoms with Crippen LogP contribution in [0.5, 0.6) is 0 Å². The Bertz CT molecular complexity index is 1170. The highest BCUT2D eigenvalue weighted by Crippen LogP contribution is 2.35. The lowest BCUT2D eigenvalue weighted by molar-refractivity contribution is -0.160. The van der Waals surface area contributed by atoms with Crippen molar-refractivity contribution in [1.82, 2.24) is 15.6 Å². The van der Waals surface area contributed by atoms with Gasteiger partial charge in [0.25, 0.3) is 0 Å². The molecule has 2 N–H and O–H groups in total. The van der Waals surface area contributed by atoms with Crippen LogP contribution in [0, 0.1) is 23.1 Å². The van der Waals surface area contributed by atoms with Crippen molar-refractivity contribution in [1.29, 1.82) is 5.26 Å². The van der Waals surface area contributed by atoms with Gasteiger partial charge in [-0.25, -0.2) is 17.8 Å². The molecular formula is C21H19F5N4O3S. The molecule has 0 radical (unpaired) electrons. The minimum Gasteiger partial charge on any atom is -0.336 e. The van der Waals surface area contributed by atoms with E-state index in [1.54, 1.807) is 0 Å². The maximum atomic E-state index is 13.8. The molecule has 1 aromatic carbocycles. The number of sulfone groups is 1. The van der Waals surface area contributed by atoms with Crippen molar-refractivity contribution in [2.45, 2.75) is 42.4 Å². The van der Waals surface area contributed by atoms with E-state index >= 15 is 0 Å². The van der Waals surface area contributed by atoms with Crippen LogP contribution >= 0.6 is 0 Å². The highest BCUT2D eigenvalue weighted by Gasteiger charge is 2.48. The van der Waals surface area contributed by atoms with E-state index in [1.807, 2.05) is 11.4 Å². The van der Waals surface area contributed by atoms with Crippen molar-refractivity contribution in [2.75, 3.05) is 5.75 Å². The number of amides is 1. The van der Waals surface area contributed by atoms with E-state index in [0.29, 0.717) is 0 Å². The summed E-state index contributed by atoms with van der Waals surface area (Å²) in [5, 5.41) is 13.5. The Balaban J connectivity index is 1.88. The Morgan fingerprint density at radius 1 is 1.15 bits per heavy atom. The maximum absolute atomic E-state index is 13.8. The standard InChI is InChI=1S/C21H19F5N4O3S/c22-15-4-2-14(3-5-15)18(21(24,25)26)29-16(19(31)30-20(12-27)7-8-20)11-34(32,33)10-13-1-6-17(23)28-9-13/h1-6,9,16,18,29H,7-8,10-11H2,(H,30,31)/t16-,18-/m0/s1. The molecule has 3 rings (SSSR count). The van der Waals surface area contributed by atoms with E-state index < -0.39 is 68.4 Å². The van der Waals surface area contributed by atoms with E-state index in [2.05, 4.69) is 10.3 Å². The molecular weight excluding hydrogens is 483 g/mol. The third-order valence-corrected chi connectivity index (χ3v) is 6.75. The molecule has 0 spiro atoms. The summed E-state index contributed by atoms with van der Waals surface area (Å²) in [5.74, 6) is -4.48. The van der Waals surface area contributed by atoms with Gasteiger partial charge in [-0.05, 0) is 42.2 Å². The fourth-order valence-electron chi connectivity index (χ4n) is 3.21. The molecule has 2 aromatic rings. The highest BCUT2D eigenvalue weighted by molar-refractivity contribution is 7.90. The number of nitriles is 1. The number of alkyl halides is 3. The molecule has 0 aliphatic heterocycles. The first-order valence-electron chi connectivity index (χ1n) is 9.95. The highest BCUT2D eigenvalue weighted by atomic mass is 32.2. The molecule has 182 valence electrons. The smallest absolute Gasteiger partial charge is 0.336 e. The zero-order chi connectivity index (χ0) is 25.1. The summed E-state index contributed by atoms with van der Waals surface area (Å²) in [4.78, 5) is 16.1. The molecule has 1 aromatic heterocycles. The van der Waals surface area contributed by atoms with Gasteiger partial charge in [0, 0.05) is 6.20 Å². The van der Waals surface area contributed by atoms with Crippen LogP contribution < -0.4 is 10.6 Å². The number of aromatic nitrogens is 1.